The van der Waals surface area contributed by atoms with Crippen LogP contribution in [0.1, 0.15) is 23.5 Å². The van der Waals surface area contributed by atoms with Crippen molar-refractivity contribution in [2.24, 2.45) is 5.41 Å². The summed E-state index contributed by atoms with van der Waals surface area (Å²) in [6.07, 6.45) is 6.74. The number of amides is 2. The lowest BCUT2D eigenvalue weighted by atomic mass is 9.88. The van der Waals surface area contributed by atoms with E-state index in [4.69, 9.17) is 0 Å². The second kappa shape index (κ2) is 10.6. The lowest BCUT2D eigenvalue weighted by Gasteiger charge is -2.28. The fourth-order valence-electron chi connectivity index (χ4n) is 5.37. The third kappa shape index (κ3) is 4.99. The first-order valence-corrected chi connectivity index (χ1v) is 14.0. The lowest BCUT2D eigenvalue weighted by Crippen LogP contribution is -2.43. The van der Waals surface area contributed by atoms with Crippen LogP contribution in [-0.4, -0.2) is 74.5 Å². The summed E-state index contributed by atoms with van der Waals surface area (Å²) in [5.41, 5.74) is 3.96. The third-order valence-corrected chi connectivity index (χ3v) is 8.46. The molecule has 1 unspecified atom stereocenters. The van der Waals surface area contributed by atoms with Gasteiger partial charge in [0.15, 0.2) is 0 Å². The molecule has 0 saturated carbocycles. The van der Waals surface area contributed by atoms with Gasteiger partial charge in [-0.2, -0.15) is 10.4 Å². The molecular weight excluding hydrogens is 524 g/mol. The molecule has 3 aromatic heterocycles. The Morgan fingerprint density at radius 1 is 1.20 bits per heavy atom. The van der Waals surface area contributed by atoms with E-state index in [-0.39, 0.29) is 24.9 Å². The fourth-order valence-corrected chi connectivity index (χ4v) is 6.08. The molecule has 10 nitrogen and oxygen atoms in total. The van der Waals surface area contributed by atoms with Gasteiger partial charge in [-0.1, -0.05) is 6.08 Å². The Morgan fingerprint density at radius 2 is 2.10 bits per heavy atom. The molecule has 1 aromatic carbocycles. The molecule has 0 aliphatic carbocycles. The van der Waals surface area contributed by atoms with Gasteiger partial charge < -0.3 is 10.2 Å². The molecule has 2 aliphatic heterocycles. The first-order valence-electron chi connectivity index (χ1n) is 13.2. The largest absolute Gasteiger partial charge is 0.338 e. The van der Waals surface area contributed by atoms with Gasteiger partial charge in [-0.05, 0) is 55.7 Å². The number of carbonyl (C=O) groups excluding carboxylic acids is 2. The molecule has 4 aromatic rings. The van der Waals surface area contributed by atoms with Crippen molar-refractivity contribution in [3.05, 3.63) is 64.9 Å². The van der Waals surface area contributed by atoms with Crippen LogP contribution in [0.5, 0.6) is 0 Å². The van der Waals surface area contributed by atoms with E-state index in [1.54, 1.807) is 29.8 Å². The number of likely N-dealkylation sites (tertiary alicyclic amines) is 1. The highest BCUT2D eigenvalue weighted by atomic mass is 32.1. The van der Waals surface area contributed by atoms with Crippen LogP contribution in [0.4, 0.5) is 5.69 Å². The van der Waals surface area contributed by atoms with Crippen molar-refractivity contribution in [2.45, 2.75) is 19.8 Å². The summed E-state index contributed by atoms with van der Waals surface area (Å²) >= 11 is 1.61. The van der Waals surface area contributed by atoms with Crippen molar-refractivity contribution >= 4 is 45.3 Å². The van der Waals surface area contributed by atoms with E-state index in [0.29, 0.717) is 31.7 Å². The average Bonchev–Trinajstić information content (AvgIpc) is 3.73. The van der Waals surface area contributed by atoms with Crippen LogP contribution in [0.3, 0.4) is 0 Å². The maximum Gasteiger partial charge on any atom is 0.246 e. The van der Waals surface area contributed by atoms with Crippen molar-refractivity contribution in [1.82, 2.24) is 30.0 Å². The van der Waals surface area contributed by atoms with Gasteiger partial charge in [-0.15, -0.1) is 11.3 Å². The second-order valence-corrected chi connectivity index (χ2v) is 11.2. The number of carbonyl (C=O) groups is 2. The smallest absolute Gasteiger partial charge is 0.246 e. The molecule has 11 heteroatoms. The number of hydrogen-bond acceptors (Lipinski definition) is 8. The van der Waals surface area contributed by atoms with Crippen LogP contribution in [0.15, 0.2) is 54.2 Å². The third-order valence-electron chi connectivity index (χ3n) is 7.62. The summed E-state index contributed by atoms with van der Waals surface area (Å²) in [7, 11) is 0. The topological polar surface area (TPSA) is 131 Å². The SMILES string of the molecule is Cc1cc(-c2n[nH]c3ccc(NC(=O)C4(C#N)CCN(CC(=O)N5CC=C(c6nccs6)CC5)C4)cc23)ccn1. The number of aryl methyl sites for hydroxylation is 1. The minimum absolute atomic E-state index is 0.00729. The zero-order valence-electron chi connectivity index (χ0n) is 22.1. The van der Waals surface area contributed by atoms with Crippen LogP contribution in [0.2, 0.25) is 0 Å². The van der Waals surface area contributed by atoms with Crippen molar-refractivity contribution in [1.29, 1.82) is 5.26 Å². The number of thiazole rings is 1. The summed E-state index contributed by atoms with van der Waals surface area (Å²) in [5, 5.41) is 24.3. The maximum atomic E-state index is 13.4. The first-order chi connectivity index (χ1) is 19.4. The maximum absolute atomic E-state index is 13.4. The lowest BCUT2D eigenvalue weighted by molar-refractivity contribution is -0.132. The predicted octanol–water partition coefficient (Wildman–Crippen LogP) is 3.86. The summed E-state index contributed by atoms with van der Waals surface area (Å²) in [5.74, 6) is -0.351. The van der Waals surface area contributed by atoms with E-state index in [0.717, 1.165) is 39.3 Å². The Bertz CT molecular complexity index is 1650. The number of nitrogens with zero attached hydrogens (tertiary/aromatic N) is 6. The van der Waals surface area contributed by atoms with Gasteiger partial charge in [0.05, 0.1) is 18.1 Å². The normalized spacial score (nSPS) is 19.4. The number of hydrogen-bond donors (Lipinski definition) is 2. The van der Waals surface area contributed by atoms with Crippen LogP contribution in [0.25, 0.3) is 27.7 Å². The Kier molecular flexibility index (Phi) is 6.88. The highest BCUT2D eigenvalue weighted by Crippen LogP contribution is 2.33. The van der Waals surface area contributed by atoms with Gasteiger partial charge >= 0.3 is 0 Å². The van der Waals surface area contributed by atoms with Crippen molar-refractivity contribution in [2.75, 3.05) is 38.0 Å². The minimum atomic E-state index is -1.23. The molecule has 1 saturated heterocycles. The molecule has 2 N–H and O–H groups in total. The number of nitriles is 1. The van der Waals surface area contributed by atoms with Gasteiger partial charge in [0, 0.05) is 66.3 Å². The van der Waals surface area contributed by atoms with Gasteiger partial charge in [0.2, 0.25) is 11.8 Å². The molecule has 2 amide bonds. The first kappa shape index (κ1) is 25.9. The molecule has 202 valence electrons. The standard InChI is InChI=1S/C29H28N8O2S/c1-19-14-21(4-8-31-19)26-23-15-22(2-3-24(23)34-35-26)33-28(39)29(17-30)7-12-36(18-29)16-25(38)37-10-5-20(6-11-37)27-32-9-13-40-27/h2-5,8-9,13-15H,6-7,10-12,16,18H2,1H3,(H,33,39)(H,34,35). The molecule has 0 radical (unpaired) electrons. The van der Waals surface area contributed by atoms with E-state index in [1.165, 1.54) is 5.57 Å². The van der Waals surface area contributed by atoms with E-state index >= 15 is 0 Å². The van der Waals surface area contributed by atoms with Crippen molar-refractivity contribution in [3.8, 4) is 17.3 Å². The van der Waals surface area contributed by atoms with Crippen LogP contribution in [0, 0.1) is 23.7 Å². The molecular formula is C29H28N8O2S. The van der Waals surface area contributed by atoms with Gasteiger partial charge in [0.1, 0.15) is 16.1 Å². The number of H-pyrrole nitrogens is 1. The molecule has 40 heavy (non-hydrogen) atoms. The predicted molar refractivity (Wildman–Crippen MR) is 153 cm³/mol. The number of nitrogens with one attached hydrogen (secondary N) is 2. The van der Waals surface area contributed by atoms with E-state index in [1.807, 2.05) is 46.4 Å². The summed E-state index contributed by atoms with van der Waals surface area (Å²) in [6.45, 7) is 4.01. The number of benzene rings is 1. The second-order valence-electron chi connectivity index (χ2n) is 10.3. The summed E-state index contributed by atoms with van der Waals surface area (Å²) < 4.78 is 0. The molecule has 0 spiro atoms. The molecule has 6 rings (SSSR count). The molecule has 5 heterocycles. The Labute approximate surface area is 235 Å². The number of anilines is 1. The van der Waals surface area contributed by atoms with E-state index < -0.39 is 5.41 Å². The summed E-state index contributed by atoms with van der Waals surface area (Å²) in [6, 6.07) is 11.6. The molecule has 1 fully saturated rings. The minimum Gasteiger partial charge on any atom is -0.338 e. The quantitative estimate of drug-likeness (QED) is 0.371. The highest BCUT2D eigenvalue weighted by Gasteiger charge is 2.45. The van der Waals surface area contributed by atoms with Crippen LogP contribution >= 0.6 is 11.3 Å². The summed E-state index contributed by atoms with van der Waals surface area (Å²) in [4.78, 5) is 38.8. The number of aromatic amines is 1. The van der Waals surface area contributed by atoms with Crippen LogP contribution < -0.4 is 5.32 Å². The number of fused-ring (bicyclic) bond motifs is 1. The fraction of sp³-hybridized carbons (Fsp3) is 0.310. The molecule has 1 atom stereocenters. The van der Waals surface area contributed by atoms with E-state index in [9.17, 15) is 14.9 Å². The number of aromatic nitrogens is 4. The highest BCUT2D eigenvalue weighted by molar-refractivity contribution is 7.10. The average molecular weight is 553 g/mol. The Balaban J connectivity index is 1.11. The monoisotopic (exact) mass is 552 g/mol. The zero-order valence-corrected chi connectivity index (χ0v) is 22.9. The van der Waals surface area contributed by atoms with Crippen molar-refractivity contribution < 1.29 is 9.59 Å². The van der Waals surface area contributed by atoms with E-state index in [2.05, 4.69) is 37.6 Å². The number of rotatable bonds is 6. The van der Waals surface area contributed by atoms with Gasteiger partial charge in [-0.25, -0.2) is 4.98 Å². The number of pyridine rings is 1. The molecule has 2 aliphatic rings. The zero-order chi connectivity index (χ0) is 27.7. The van der Waals surface area contributed by atoms with Gasteiger partial charge in [-0.3, -0.25) is 24.6 Å². The Hall–Kier alpha value is -4.40. The molecule has 0 bridgehead atoms. The Morgan fingerprint density at radius 3 is 2.85 bits per heavy atom. The van der Waals surface area contributed by atoms with Crippen LogP contribution in [-0.2, 0) is 9.59 Å². The van der Waals surface area contributed by atoms with Gasteiger partial charge in [0.25, 0.3) is 0 Å². The van der Waals surface area contributed by atoms with Crippen molar-refractivity contribution in [3.63, 3.8) is 0 Å².